The second-order valence-electron chi connectivity index (χ2n) is 4.68. The first-order valence-corrected chi connectivity index (χ1v) is 8.64. The van der Waals surface area contributed by atoms with Crippen molar-refractivity contribution in [3.63, 3.8) is 0 Å². The van der Waals surface area contributed by atoms with Gasteiger partial charge in [-0.2, -0.15) is 0 Å². The predicted octanol–water partition coefficient (Wildman–Crippen LogP) is 2.58. The second-order valence-corrected chi connectivity index (χ2v) is 7.65. The molecule has 0 spiro atoms. The minimum atomic E-state index is -0.998. The van der Waals surface area contributed by atoms with E-state index in [1.54, 1.807) is 0 Å². The number of carbonyl (C=O) groups excluding carboxylic acids is 1. The standard InChI is InChI=1S/C14H18O3S2/c1-10(7-14(15)17-2)19(16)9-11-8-18-13-6-4-3-5-12(11)13/h3-6,10-11H,7-9H2,1-2H3. The lowest BCUT2D eigenvalue weighted by molar-refractivity contribution is -0.140. The van der Waals surface area contributed by atoms with Crippen LogP contribution in [0.25, 0.3) is 0 Å². The minimum Gasteiger partial charge on any atom is -0.469 e. The summed E-state index contributed by atoms with van der Waals surface area (Å²) in [6, 6.07) is 8.28. The Labute approximate surface area is 120 Å². The van der Waals surface area contributed by atoms with Crippen LogP contribution in [0.5, 0.6) is 0 Å². The van der Waals surface area contributed by atoms with Crippen LogP contribution in [0, 0.1) is 0 Å². The number of esters is 1. The first-order valence-electron chi connectivity index (χ1n) is 6.27. The average Bonchev–Trinajstić information content (AvgIpc) is 2.82. The molecular weight excluding hydrogens is 280 g/mol. The van der Waals surface area contributed by atoms with Crippen molar-refractivity contribution in [1.29, 1.82) is 0 Å². The van der Waals surface area contributed by atoms with Crippen LogP contribution in [0.4, 0.5) is 0 Å². The molecule has 1 heterocycles. The highest BCUT2D eigenvalue weighted by molar-refractivity contribution is 7.99. The largest absolute Gasteiger partial charge is 0.469 e. The van der Waals surface area contributed by atoms with Gasteiger partial charge in [0.2, 0.25) is 0 Å². The maximum Gasteiger partial charge on any atom is 0.306 e. The molecule has 1 aromatic carbocycles. The van der Waals surface area contributed by atoms with E-state index in [2.05, 4.69) is 16.9 Å². The molecule has 0 aromatic heterocycles. The number of rotatable bonds is 5. The minimum absolute atomic E-state index is 0.148. The summed E-state index contributed by atoms with van der Waals surface area (Å²) in [4.78, 5) is 12.5. The Morgan fingerprint density at radius 3 is 3.00 bits per heavy atom. The van der Waals surface area contributed by atoms with Gasteiger partial charge >= 0.3 is 5.97 Å². The Morgan fingerprint density at radius 1 is 1.53 bits per heavy atom. The van der Waals surface area contributed by atoms with E-state index in [0.29, 0.717) is 11.7 Å². The molecule has 1 aliphatic rings. The van der Waals surface area contributed by atoms with Crippen molar-refractivity contribution in [3.8, 4) is 0 Å². The van der Waals surface area contributed by atoms with E-state index < -0.39 is 10.8 Å². The molecule has 0 amide bonds. The van der Waals surface area contributed by atoms with Gasteiger partial charge in [-0.3, -0.25) is 9.00 Å². The average molecular weight is 298 g/mol. The molecule has 1 aromatic rings. The summed E-state index contributed by atoms with van der Waals surface area (Å²) in [5.74, 6) is 1.65. The highest BCUT2D eigenvalue weighted by atomic mass is 32.2. The van der Waals surface area contributed by atoms with Crippen LogP contribution in [0.2, 0.25) is 0 Å². The first kappa shape index (κ1) is 14.6. The van der Waals surface area contributed by atoms with E-state index in [4.69, 9.17) is 0 Å². The second kappa shape index (κ2) is 6.57. The van der Waals surface area contributed by atoms with Crippen LogP contribution in [0.15, 0.2) is 29.2 Å². The lowest BCUT2D eigenvalue weighted by Gasteiger charge is -2.14. The number of thioether (sulfide) groups is 1. The molecule has 3 atom stereocenters. The number of hydrogen-bond acceptors (Lipinski definition) is 4. The molecule has 3 nitrogen and oxygen atoms in total. The van der Waals surface area contributed by atoms with Gasteiger partial charge in [-0.05, 0) is 11.6 Å². The van der Waals surface area contributed by atoms with Crippen LogP contribution >= 0.6 is 11.8 Å². The Balaban J connectivity index is 1.95. The summed E-state index contributed by atoms with van der Waals surface area (Å²) in [5, 5.41) is -0.148. The third-order valence-electron chi connectivity index (χ3n) is 3.29. The van der Waals surface area contributed by atoms with E-state index in [-0.39, 0.29) is 17.6 Å². The molecular formula is C14H18O3S2. The summed E-state index contributed by atoms with van der Waals surface area (Å²) in [5.41, 5.74) is 1.30. The van der Waals surface area contributed by atoms with Crippen LogP contribution in [0.3, 0.4) is 0 Å². The first-order chi connectivity index (χ1) is 9.11. The number of hydrogen-bond donors (Lipinski definition) is 0. The molecule has 0 fully saturated rings. The number of fused-ring (bicyclic) bond motifs is 1. The lowest BCUT2D eigenvalue weighted by atomic mass is 10.0. The summed E-state index contributed by atoms with van der Waals surface area (Å²) in [7, 11) is 0.365. The maximum absolute atomic E-state index is 12.3. The van der Waals surface area contributed by atoms with Crippen molar-refractivity contribution in [1.82, 2.24) is 0 Å². The van der Waals surface area contributed by atoms with E-state index in [1.165, 1.54) is 17.6 Å². The quantitative estimate of drug-likeness (QED) is 0.784. The van der Waals surface area contributed by atoms with Crippen molar-refractivity contribution in [3.05, 3.63) is 29.8 Å². The van der Waals surface area contributed by atoms with Gasteiger partial charge in [0.05, 0.1) is 13.5 Å². The fraction of sp³-hybridized carbons (Fsp3) is 0.500. The molecule has 19 heavy (non-hydrogen) atoms. The van der Waals surface area contributed by atoms with Crippen molar-refractivity contribution < 1.29 is 13.7 Å². The Kier molecular flexibility index (Phi) is 5.05. The molecule has 0 saturated carbocycles. The molecule has 0 radical (unpaired) electrons. The fourth-order valence-corrected chi connectivity index (χ4v) is 4.89. The number of carbonyl (C=O) groups is 1. The smallest absolute Gasteiger partial charge is 0.306 e. The van der Waals surface area contributed by atoms with Gasteiger partial charge < -0.3 is 4.74 Å². The molecule has 3 unspecified atom stereocenters. The van der Waals surface area contributed by atoms with Crippen LogP contribution in [-0.4, -0.2) is 34.0 Å². The van der Waals surface area contributed by atoms with Crippen molar-refractivity contribution in [2.75, 3.05) is 18.6 Å². The van der Waals surface area contributed by atoms with Crippen LogP contribution in [0.1, 0.15) is 24.8 Å². The molecule has 0 saturated heterocycles. The monoisotopic (exact) mass is 298 g/mol. The highest BCUT2D eigenvalue weighted by Gasteiger charge is 2.26. The molecule has 0 bridgehead atoms. The predicted molar refractivity (Wildman–Crippen MR) is 79.0 cm³/mol. The summed E-state index contributed by atoms with van der Waals surface area (Å²) in [6.07, 6.45) is 0.227. The number of ether oxygens (including phenoxy) is 1. The molecule has 2 rings (SSSR count). The highest BCUT2D eigenvalue weighted by Crippen LogP contribution is 2.39. The third-order valence-corrected chi connectivity index (χ3v) is 6.34. The number of benzene rings is 1. The summed E-state index contributed by atoms with van der Waals surface area (Å²) < 4.78 is 16.9. The maximum atomic E-state index is 12.3. The van der Waals surface area contributed by atoms with E-state index in [0.717, 1.165) is 5.75 Å². The Morgan fingerprint density at radius 2 is 2.26 bits per heavy atom. The van der Waals surface area contributed by atoms with Gasteiger partial charge in [-0.15, -0.1) is 11.8 Å². The molecule has 104 valence electrons. The molecule has 0 N–H and O–H groups in total. The third kappa shape index (κ3) is 3.60. The van der Waals surface area contributed by atoms with Crippen molar-refractivity contribution in [2.24, 2.45) is 0 Å². The van der Waals surface area contributed by atoms with Gasteiger partial charge in [0.25, 0.3) is 0 Å². The van der Waals surface area contributed by atoms with Gasteiger partial charge in [0, 0.05) is 38.4 Å². The van der Waals surface area contributed by atoms with Gasteiger partial charge in [0.15, 0.2) is 0 Å². The number of methoxy groups -OCH3 is 1. The SMILES string of the molecule is COC(=O)CC(C)S(=O)CC1CSc2ccccc21. The Bertz CT molecular complexity index is 487. The van der Waals surface area contributed by atoms with Crippen LogP contribution in [-0.2, 0) is 20.3 Å². The summed E-state index contributed by atoms with van der Waals surface area (Å²) in [6.45, 7) is 1.85. The normalized spacial score (nSPS) is 20.6. The zero-order valence-corrected chi connectivity index (χ0v) is 12.8. The Hall–Kier alpha value is -0.810. The van der Waals surface area contributed by atoms with E-state index in [1.807, 2.05) is 30.8 Å². The van der Waals surface area contributed by atoms with E-state index >= 15 is 0 Å². The van der Waals surface area contributed by atoms with Crippen molar-refractivity contribution >= 4 is 28.5 Å². The molecule has 0 aliphatic carbocycles. The van der Waals surface area contributed by atoms with Gasteiger partial charge in [0.1, 0.15) is 0 Å². The molecule has 5 heteroatoms. The zero-order valence-electron chi connectivity index (χ0n) is 11.1. The van der Waals surface area contributed by atoms with Crippen molar-refractivity contribution in [2.45, 2.75) is 29.4 Å². The topological polar surface area (TPSA) is 43.4 Å². The molecule has 1 aliphatic heterocycles. The van der Waals surface area contributed by atoms with Crippen LogP contribution < -0.4 is 0 Å². The van der Waals surface area contributed by atoms with E-state index in [9.17, 15) is 9.00 Å². The lowest BCUT2D eigenvalue weighted by Crippen LogP contribution is -2.22. The zero-order chi connectivity index (χ0) is 13.8. The van der Waals surface area contributed by atoms with Gasteiger partial charge in [-0.25, -0.2) is 0 Å². The van der Waals surface area contributed by atoms with Gasteiger partial charge in [-0.1, -0.05) is 25.1 Å². The summed E-state index contributed by atoms with van der Waals surface area (Å²) >= 11 is 1.82. The fourth-order valence-electron chi connectivity index (χ4n) is 2.14.